The topological polar surface area (TPSA) is 60.2 Å². The number of hydrogen-bond donors (Lipinski definition) is 2. The third-order valence-electron chi connectivity index (χ3n) is 2.67. The molecule has 1 aromatic heterocycles. The van der Waals surface area contributed by atoms with E-state index in [1.807, 2.05) is 6.92 Å². The molecule has 0 aliphatic heterocycles. The summed E-state index contributed by atoms with van der Waals surface area (Å²) in [7, 11) is 0. The van der Waals surface area contributed by atoms with Crippen molar-refractivity contribution in [1.29, 1.82) is 0 Å². The highest BCUT2D eigenvalue weighted by atomic mass is 32.1. The van der Waals surface area contributed by atoms with Crippen molar-refractivity contribution >= 4 is 22.4 Å². The van der Waals surface area contributed by atoms with Crippen molar-refractivity contribution in [3.05, 3.63) is 35.4 Å². The van der Waals surface area contributed by atoms with Crippen LogP contribution in [-0.2, 0) is 12.7 Å². The van der Waals surface area contributed by atoms with E-state index in [1.165, 1.54) is 6.07 Å². The van der Waals surface area contributed by atoms with Crippen molar-refractivity contribution in [2.24, 2.45) is 0 Å². The molecule has 114 valence electrons. The van der Waals surface area contributed by atoms with Crippen LogP contribution in [0.15, 0.2) is 24.3 Å². The van der Waals surface area contributed by atoms with Crippen LogP contribution in [0, 0.1) is 0 Å². The minimum absolute atomic E-state index is 0.228. The lowest BCUT2D eigenvalue weighted by atomic mass is 10.1. The Morgan fingerprint density at radius 1 is 1.38 bits per heavy atom. The number of nitrogens with one attached hydrogen (secondary N) is 1. The van der Waals surface area contributed by atoms with E-state index in [1.54, 1.807) is 6.07 Å². The van der Waals surface area contributed by atoms with Gasteiger partial charge in [-0.25, -0.2) is 0 Å². The average molecular weight is 317 g/mol. The molecular formula is C13H14F3N3OS. The van der Waals surface area contributed by atoms with Crippen LogP contribution >= 0.6 is 11.5 Å². The molecule has 2 rings (SSSR count). The summed E-state index contributed by atoms with van der Waals surface area (Å²) >= 11 is 1.11. The lowest BCUT2D eigenvalue weighted by Crippen LogP contribution is -2.07. The van der Waals surface area contributed by atoms with Gasteiger partial charge in [-0.3, -0.25) is 0 Å². The standard InChI is InChI=1S/C13H14F3N3OS/c1-2-20-10-11(17)19-21-12(10)18-7-8-4-3-5-9(6-8)13(14,15)16/h3-6,18H,2,7H2,1H3,(H2,17,19). The summed E-state index contributed by atoms with van der Waals surface area (Å²) < 4.78 is 47.2. The van der Waals surface area contributed by atoms with Gasteiger partial charge in [0, 0.05) is 6.54 Å². The SMILES string of the molecule is CCOc1c(N)nsc1NCc1cccc(C(F)(F)F)c1. The number of alkyl halides is 3. The normalized spacial score (nSPS) is 11.4. The fraction of sp³-hybridized carbons (Fsp3) is 0.308. The zero-order chi connectivity index (χ0) is 15.5. The van der Waals surface area contributed by atoms with Crippen LogP contribution in [0.5, 0.6) is 5.75 Å². The predicted octanol–water partition coefficient (Wildman–Crippen LogP) is 3.75. The van der Waals surface area contributed by atoms with Crippen LogP contribution in [0.1, 0.15) is 18.1 Å². The number of nitrogen functional groups attached to an aromatic ring is 1. The number of benzene rings is 1. The van der Waals surface area contributed by atoms with Crippen molar-refractivity contribution in [1.82, 2.24) is 4.37 Å². The molecule has 0 unspecified atom stereocenters. The number of hydrogen-bond acceptors (Lipinski definition) is 5. The van der Waals surface area contributed by atoms with Crippen molar-refractivity contribution < 1.29 is 17.9 Å². The van der Waals surface area contributed by atoms with Gasteiger partial charge in [0.2, 0.25) is 0 Å². The van der Waals surface area contributed by atoms with Gasteiger partial charge in [-0.05, 0) is 36.2 Å². The van der Waals surface area contributed by atoms with Crippen LogP contribution < -0.4 is 15.8 Å². The van der Waals surface area contributed by atoms with Gasteiger partial charge in [0.05, 0.1) is 12.2 Å². The summed E-state index contributed by atoms with van der Waals surface area (Å²) in [6.45, 7) is 2.47. The van der Waals surface area contributed by atoms with E-state index >= 15 is 0 Å². The molecule has 1 aromatic carbocycles. The number of nitrogens with zero attached hydrogens (tertiary/aromatic N) is 1. The van der Waals surface area contributed by atoms with Crippen LogP contribution in [0.2, 0.25) is 0 Å². The van der Waals surface area contributed by atoms with Crippen LogP contribution in [0.3, 0.4) is 0 Å². The van der Waals surface area contributed by atoms with Crippen molar-refractivity contribution in [3.63, 3.8) is 0 Å². The van der Waals surface area contributed by atoms with E-state index < -0.39 is 11.7 Å². The van der Waals surface area contributed by atoms with Gasteiger partial charge in [-0.15, -0.1) is 0 Å². The van der Waals surface area contributed by atoms with Gasteiger partial charge in [-0.1, -0.05) is 12.1 Å². The highest BCUT2D eigenvalue weighted by molar-refractivity contribution is 7.11. The first-order valence-corrected chi connectivity index (χ1v) is 6.97. The second kappa shape index (κ2) is 6.21. The summed E-state index contributed by atoms with van der Waals surface area (Å²) in [6.07, 6.45) is -4.35. The number of nitrogens with two attached hydrogens (primary N) is 1. The molecule has 8 heteroatoms. The smallest absolute Gasteiger partial charge is 0.416 e. The number of ether oxygens (including phenoxy) is 1. The van der Waals surface area contributed by atoms with E-state index in [9.17, 15) is 13.2 Å². The third kappa shape index (κ3) is 3.78. The Balaban J connectivity index is 2.10. The number of halogens is 3. The Morgan fingerprint density at radius 2 is 2.14 bits per heavy atom. The van der Waals surface area contributed by atoms with Crippen molar-refractivity contribution in [2.45, 2.75) is 19.6 Å². The summed E-state index contributed by atoms with van der Waals surface area (Å²) in [5, 5.41) is 3.60. The molecule has 0 aliphatic rings. The molecular weight excluding hydrogens is 303 g/mol. The van der Waals surface area contributed by atoms with Gasteiger partial charge in [0.15, 0.2) is 16.6 Å². The van der Waals surface area contributed by atoms with E-state index in [4.69, 9.17) is 10.5 Å². The molecule has 0 aliphatic carbocycles. The predicted molar refractivity (Wildman–Crippen MR) is 76.5 cm³/mol. The third-order valence-corrected chi connectivity index (χ3v) is 3.47. The molecule has 3 N–H and O–H groups in total. The monoisotopic (exact) mass is 317 g/mol. The lowest BCUT2D eigenvalue weighted by molar-refractivity contribution is -0.137. The zero-order valence-electron chi connectivity index (χ0n) is 11.2. The molecule has 4 nitrogen and oxygen atoms in total. The second-order valence-corrected chi connectivity index (χ2v) is 4.98. The first-order valence-electron chi connectivity index (χ1n) is 6.19. The molecule has 0 saturated carbocycles. The molecule has 0 atom stereocenters. The number of rotatable bonds is 5. The minimum Gasteiger partial charge on any atom is -0.487 e. The number of aromatic nitrogens is 1. The Kier molecular flexibility index (Phi) is 4.56. The van der Waals surface area contributed by atoms with E-state index in [2.05, 4.69) is 9.69 Å². The van der Waals surface area contributed by atoms with Gasteiger partial charge >= 0.3 is 6.18 Å². The maximum Gasteiger partial charge on any atom is 0.416 e. The van der Waals surface area contributed by atoms with E-state index in [-0.39, 0.29) is 12.4 Å². The van der Waals surface area contributed by atoms with Gasteiger partial charge < -0.3 is 15.8 Å². The molecule has 0 saturated heterocycles. The Hall–Kier alpha value is -1.96. The van der Waals surface area contributed by atoms with Gasteiger partial charge in [-0.2, -0.15) is 17.5 Å². The summed E-state index contributed by atoms with van der Waals surface area (Å²) in [5.74, 6) is 0.711. The summed E-state index contributed by atoms with van der Waals surface area (Å²) in [4.78, 5) is 0. The van der Waals surface area contributed by atoms with E-state index in [0.717, 1.165) is 23.7 Å². The Labute approximate surface area is 123 Å². The van der Waals surface area contributed by atoms with Gasteiger partial charge in [0.25, 0.3) is 0 Å². The zero-order valence-corrected chi connectivity index (χ0v) is 12.0. The number of anilines is 2. The molecule has 1 heterocycles. The highest BCUT2D eigenvalue weighted by Gasteiger charge is 2.30. The minimum atomic E-state index is -4.35. The Morgan fingerprint density at radius 3 is 2.81 bits per heavy atom. The fourth-order valence-corrected chi connectivity index (χ4v) is 2.39. The molecule has 2 aromatic rings. The molecule has 0 amide bonds. The molecule has 0 spiro atoms. The van der Waals surface area contributed by atoms with Crippen molar-refractivity contribution in [3.8, 4) is 5.75 Å². The Bertz CT molecular complexity index is 613. The van der Waals surface area contributed by atoms with Crippen LogP contribution in [0.4, 0.5) is 24.0 Å². The first-order chi connectivity index (χ1) is 9.91. The quantitative estimate of drug-likeness (QED) is 0.881. The fourth-order valence-electron chi connectivity index (χ4n) is 1.73. The largest absolute Gasteiger partial charge is 0.487 e. The molecule has 0 fully saturated rings. The maximum absolute atomic E-state index is 12.6. The summed E-state index contributed by atoms with van der Waals surface area (Å²) in [6, 6.07) is 5.15. The summed E-state index contributed by atoms with van der Waals surface area (Å²) in [5.41, 5.74) is 5.51. The molecule has 0 radical (unpaired) electrons. The van der Waals surface area contributed by atoms with Crippen LogP contribution in [0.25, 0.3) is 0 Å². The van der Waals surface area contributed by atoms with Crippen molar-refractivity contribution in [2.75, 3.05) is 17.7 Å². The van der Waals surface area contributed by atoms with Gasteiger partial charge in [0.1, 0.15) is 0 Å². The maximum atomic E-state index is 12.6. The molecule has 0 bridgehead atoms. The lowest BCUT2D eigenvalue weighted by Gasteiger charge is -2.10. The second-order valence-electron chi connectivity index (χ2n) is 4.21. The average Bonchev–Trinajstić information content (AvgIpc) is 2.78. The van der Waals surface area contributed by atoms with E-state index in [0.29, 0.717) is 22.9 Å². The van der Waals surface area contributed by atoms with Crippen LogP contribution in [-0.4, -0.2) is 11.0 Å². The first kappa shape index (κ1) is 15.4. The molecule has 21 heavy (non-hydrogen) atoms. The highest BCUT2D eigenvalue weighted by Crippen LogP contribution is 2.35.